The summed E-state index contributed by atoms with van der Waals surface area (Å²) in [6, 6.07) is 20.1. The molecule has 2 heterocycles. The van der Waals surface area contributed by atoms with Crippen molar-refractivity contribution in [2.75, 3.05) is 26.7 Å². The van der Waals surface area contributed by atoms with Crippen LogP contribution in [0.25, 0.3) is 10.6 Å². The van der Waals surface area contributed by atoms with Crippen molar-refractivity contribution in [1.29, 1.82) is 0 Å². The van der Waals surface area contributed by atoms with Gasteiger partial charge in [0, 0.05) is 36.3 Å². The Labute approximate surface area is 265 Å². The van der Waals surface area contributed by atoms with E-state index in [2.05, 4.69) is 20.9 Å². The van der Waals surface area contributed by atoms with Crippen molar-refractivity contribution >= 4 is 29.1 Å². The smallest absolute Gasteiger partial charge is 0.254 e. The van der Waals surface area contributed by atoms with Gasteiger partial charge in [0.25, 0.3) is 5.91 Å². The van der Waals surface area contributed by atoms with Crippen LogP contribution in [-0.2, 0) is 22.6 Å². The van der Waals surface area contributed by atoms with E-state index in [1.165, 1.54) is 23.5 Å². The van der Waals surface area contributed by atoms with Crippen molar-refractivity contribution < 1.29 is 23.5 Å². The first-order valence-electron chi connectivity index (χ1n) is 14.8. The van der Waals surface area contributed by atoms with Crippen molar-refractivity contribution in [2.45, 2.75) is 38.4 Å². The highest BCUT2D eigenvalue weighted by Crippen LogP contribution is 2.29. The molecule has 9 nitrogen and oxygen atoms in total. The second-order valence-electron chi connectivity index (χ2n) is 11.0. The minimum atomic E-state index is -0.939. The molecule has 0 radical (unpaired) electrons. The van der Waals surface area contributed by atoms with Crippen LogP contribution in [0.4, 0.5) is 4.39 Å². The van der Waals surface area contributed by atoms with Crippen LogP contribution in [0.15, 0.2) is 79.0 Å². The van der Waals surface area contributed by atoms with Crippen molar-refractivity contribution in [3.63, 3.8) is 0 Å². The predicted octanol–water partition coefficient (Wildman–Crippen LogP) is 4.50. The molecule has 45 heavy (non-hydrogen) atoms. The minimum absolute atomic E-state index is 0.0958. The Kier molecular flexibility index (Phi) is 10.5. The zero-order valence-corrected chi connectivity index (χ0v) is 26.0. The Morgan fingerprint density at radius 2 is 1.84 bits per heavy atom. The van der Waals surface area contributed by atoms with E-state index in [0.29, 0.717) is 32.5 Å². The third-order valence-electron chi connectivity index (χ3n) is 7.56. The fraction of sp³-hybridized carbons (Fsp3) is 0.294. The highest BCUT2D eigenvalue weighted by Gasteiger charge is 2.25. The molecule has 4 aromatic rings. The average molecular weight is 630 g/mol. The number of carbonyl (C=O) groups is 3. The van der Waals surface area contributed by atoms with E-state index in [9.17, 15) is 18.8 Å². The van der Waals surface area contributed by atoms with Crippen molar-refractivity contribution in [2.24, 2.45) is 0 Å². The highest BCUT2D eigenvalue weighted by atomic mass is 32.1. The molecule has 5 rings (SSSR count). The van der Waals surface area contributed by atoms with E-state index in [1.54, 1.807) is 26.3 Å². The van der Waals surface area contributed by atoms with Crippen LogP contribution in [0.5, 0.6) is 5.75 Å². The van der Waals surface area contributed by atoms with Gasteiger partial charge in [-0.2, -0.15) is 0 Å². The maximum Gasteiger partial charge on any atom is 0.254 e. The zero-order valence-electron chi connectivity index (χ0n) is 25.2. The quantitative estimate of drug-likeness (QED) is 0.300. The third-order valence-corrected chi connectivity index (χ3v) is 8.59. The lowest BCUT2D eigenvalue weighted by Crippen LogP contribution is -2.48. The molecule has 1 aliphatic heterocycles. The number of nitrogens with one attached hydrogen (secondary N) is 3. The van der Waals surface area contributed by atoms with Gasteiger partial charge in [0.1, 0.15) is 22.6 Å². The second kappa shape index (κ2) is 14.9. The second-order valence-corrected chi connectivity index (χ2v) is 12.1. The van der Waals surface area contributed by atoms with Gasteiger partial charge in [-0.25, -0.2) is 9.37 Å². The van der Waals surface area contributed by atoms with E-state index < -0.39 is 29.7 Å². The average Bonchev–Trinajstić information content (AvgIpc) is 3.51. The molecule has 0 saturated carbocycles. The number of methoxy groups -OCH3 is 1. The van der Waals surface area contributed by atoms with Crippen LogP contribution in [-0.4, -0.2) is 60.4 Å². The van der Waals surface area contributed by atoms with Crippen LogP contribution < -0.4 is 20.7 Å². The normalized spacial score (nSPS) is 18.8. The summed E-state index contributed by atoms with van der Waals surface area (Å²) in [4.78, 5) is 47.1. The van der Waals surface area contributed by atoms with E-state index in [0.717, 1.165) is 32.3 Å². The summed E-state index contributed by atoms with van der Waals surface area (Å²) in [5.41, 5.74) is 2.42. The number of halogens is 1. The fourth-order valence-electron chi connectivity index (χ4n) is 5.17. The topological polar surface area (TPSA) is 113 Å². The summed E-state index contributed by atoms with van der Waals surface area (Å²) in [5, 5.41) is 9.51. The molecule has 234 valence electrons. The molecule has 2 atom stereocenters. The number of amides is 3. The number of hydrogen-bond acceptors (Lipinski definition) is 7. The van der Waals surface area contributed by atoms with Crippen molar-refractivity contribution in [1.82, 2.24) is 25.8 Å². The van der Waals surface area contributed by atoms with Gasteiger partial charge in [-0.05, 0) is 55.2 Å². The maximum atomic E-state index is 14.6. The van der Waals surface area contributed by atoms with E-state index in [1.807, 2.05) is 59.5 Å². The number of ether oxygens (including phenoxy) is 1. The van der Waals surface area contributed by atoms with Crippen molar-refractivity contribution in [3.8, 4) is 16.3 Å². The predicted molar refractivity (Wildman–Crippen MR) is 171 cm³/mol. The number of carbonyl (C=O) groups excluding carboxylic acids is 3. The number of rotatable bonds is 5. The van der Waals surface area contributed by atoms with E-state index in [4.69, 9.17) is 4.74 Å². The first-order chi connectivity index (χ1) is 21.8. The van der Waals surface area contributed by atoms with E-state index in [-0.39, 0.29) is 18.0 Å². The monoisotopic (exact) mass is 629 g/mol. The molecule has 1 aromatic heterocycles. The summed E-state index contributed by atoms with van der Waals surface area (Å²) < 4.78 is 19.9. The van der Waals surface area contributed by atoms with Crippen LogP contribution in [0.2, 0.25) is 0 Å². The van der Waals surface area contributed by atoms with Gasteiger partial charge in [0.2, 0.25) is 11.8 Å². The number of hydrogen-bond donors (Lipinski definition) is 3. The highest BCUT2D eigenvalue weighted by molar-refractivity contribution is 7.15. The zero-order chi connectivity index (χ0) is 31.8. The van der Waals surface area contributed by atoms with Crippen LogP contribution >= 0.6 is 11.3 Å². The van der Waals surface area contributed by atoms with Gasteiger partial charge >= 0.3 is 0 Å². The molecule has 1 aliphatic rings. The molecule has 0 unspecified atom stereocenters. The number of aryl methyl sites for hydroxylation is 1. The Hall–Kier alpha value is -4.61. The molecule has 3 N–H and O–H groups in total. The Balaban J connectivity index is 1.41. The Bertz CT molecular complexity index is 1650. The lowest BCUT2D eigenvalue weighted by molar-refractivity contribution is -0.123. The van der Waals surface area contributed by atoms with Crippen LogP contribution in [0, 0.1) is 5.82 Å². The lowest BCUT2D eigenvalue weighted by Gasteiger charge is -2.29. The van der Waals surface area contributed by atoms with Gasteiger partial charge in [0.15, 0.2) is 0 Å². The van der Waals surface area contributed by atoms with Gasteiger partial charge in [-0.15, -0.1) is 11.3 Å². The van der Waals surface area contributed by atoms with Gasteiger partial charge in [0.05, 0.1) is 25.3 Å². The number of aromatic nitrogens is 1. The molecule has 2 bridgehead atoms. The summed E-state index contributed by atoms with van der Waals surface area (Å²) >= 11 is 1.53. The SMILES string of the molecule is COc1cccc(-c2ncc(CN3CC(=O)NCCCc4ccc(F)c(c4)C(=O)N[C@H](C)C(=O)N[C@@H](c4ccccc4)C3)s2)c1. The Morgan fingerprint density at radius 1 is 1.02 bits per heavy atom. The van der Waals surface area contributed by atoms with Crippen LogP contribution in [0.3, 0.4) is 0 Å². The number of thiazole rings is 1. The molecule has 0 aliphatic carbocycles. The minimum Gasteiger partial charge on any atom is -0.497 e. The van der Waals surface area contributed by atoms with Crippen molar-refractivity contribution in [3.05, 3.63) is 106 Å². The lowest BCUT2D eigenvalue weighted by atomic mass is 10.0. The largest absolute Gasteiger partial charge is 0.497 e. The fourth-order valence-corrected chi connectivity index (χ4v) is 6.12. The number of fused-ring (bicyclic) bond motifs is 2. The third kappa shape index (κ3) is 8.52. The summed E-state index contributed by atoms with van der Waals surface area (Å²) in [5.74, 6) is -1.17. The maximum absolute atomic E-state index is 14.6. The summed E-state index contributed by atoms with van der Waals surface area (Å²) in [6.45, 7) is 2.81. The summed E-state index contributed by atoms with van der Waals surface area (Å²) in [6.07, 6.45) is 2.96. The molecular weight excluding hydrogens is 593 g/mol. The molecule has 11 heteroatoms. The first-order valence-corrected chi connectivity index (χ1v) is 15.6. The van der Waals surface area contributed by atoms with Crippen LogP contribution in [0.1, 0.15) is 45.7 Å². The number of nitrogens with zero attached hydrogens (tertiary/aromatic N) is 2. The van der Waals surface area contributed by atoms with Gasteiger partial charge in [-0.3, -0.25) is 19.3 Å². The Morgan fingerprint density at radius 3 is 2.64 bits per heavy atom. The van der Waals surface area contributed by atoms with E-state index >= 15 is 0 Å². The number of benzene rings is 3. The molecule has 0 saturated heterocycles. The molecule has 3 aromatic carbocycles. The molecule has 3 amide bonds. The first kappa shape index (κ1) is 31.8. The van der Waals surface area contributed by atoms with Gasteiger partial charge in [-0.1, -0.05) is 48.5 Å². The molecule has 0 spiro atoms. The standard InChI is InChI=1S/C34H36FN5O4S/c1-22-32(42)39-30(24-9-4-3-5-10-24)20-40(19-27-18-37-34(45-27)25-11-6-12-26(17-25)44-2)21-31(41)36-15-7-8-23-13-14-29(35)28(16-23)33(43)38-22/h3-6,9-14,16-18,22,30H,7-8,15,19-21H2,1-2H3,(H,36,41)(H,38,43)(H,39,42)/t22-,30-/m1/s1. The van der Waals surface area contributed by atoms with Gasteiger partial charge < -0.3 is 20.7 Å². The molecular formula is C34H36FN5O4S. The molecule has 0 fully saturated rings. The summed E-state index contributed by atoms with van der Waals surface area (Å²) in [7, 11) is 1.62.